The topological polar surface area (TPSA) is 59.1 Å². The second kappa shape index (κ2) is 8.98. The number of halogens is 1. The maximum absolute atomic E-state index is 13.7. The highest BCUT2D eigenvalue weighted by molar-refractivity contribution is 5.64. The first-order chi connectivity index (χ1) is 13.2. The van der Waals surface area contributed by atoms with Gasteiger partial charge in [-0.1, -0.05) is 30.3 Å². The maximum Gasteiger partial charge on any atom is 0.224 e. The van der Waals surface area contributed by atoms with E-state index in [-0.39, 0.29) is 5.82 Å². The largest absolute Gasteiger partial charge is 0.492 e. The van der Waals surface area contributed by atoms with Crippen molar-refractivity contribution in [3.05, 3.63) is 71.7 Å². The van der Waals surface area contributed by atoms with Crippen molar-refractivity contribution in [3.63, 3.8) is 0 Å². The minimum atomic E-state index is -0.195. The number of ether oxygens (including phenoxy) is 1. The van der Waals surface area contributed by atoms with Crippen LogP contribution in [0.15, 0.2) is 54.6 Å². The van der Waals surface area contributed by atoms with E-state index in [1.165, 1.54) is 6.07 Å². The summed E-state index contributed by atoms with van der Waals surface area (Å²) in [5.74, 6) is 1.75. The molecule has 1 heterocycles. The third-order valence-electron chi connectivity index (χ3n) is 3.94. The quantitative estimate of drug-likeness (QED) is 0.604. The van der Waals surface area contributed by atoms with Crippen LogP contribution >= 0.6 is 0 Å². The molecule has 2 N–H and O–H groups in total. The molecule has 0 saturated heterocycles. The van der Waals surface area contributed by atoms with Gasteiger partial charge >= 0.3 is 0 Å². The van der Waals surface area contributed by atoms with Crippen LogP contribution in [-0.2, 0) is 6.42 Å². The minimum absolute atomic E-state index is 0.195. The van der Waals surface area contributed by atoms with Crippen LogP contribution in [0.1, 0.15) is 18.2 Å². The molecule has 5 nitrogen and oxygen atoms in total. The molecule has 0 atom stereocenters. The summed E-state index contributed by atoms with van der Waals surface area (Å²) in [5.41, 5.74) is 2.34. The zero-order valence-electron chi connectivity index (χ0n) is 15.5. The Hall–Kier alpha value is -3.15. The molecule has 0 aliphatic rings. The standard InChI is InChI=1S/C21H23FN4O/c1-3-27-19-11-7-6-10-18(19)25-20-14-15(2)24-21(26-20)23-13-12-16-8-4-5-9-17(16)22/h4-11,14H,3,12-13H2,1-2H3,(H2,23,24,25,26). The second-order valence-corrected chi connectivity index (χ2v) is 6.04. The highest BCUT2D eigenvalue weighted by Crippen LogP contribution is 2.27. The lowest BCUT2D eigenvalue weighted by Crippen LogP contribution is -2.10. The number of hydrogen-bond acceptors (Lipinski definition) is 5. The minimum Gasteiger partial charge on any atom is -0.492 e. The molecule has 1 aromatic heterocycles. The van der Waals surface area contributed by atoms with Crippen LogP contribution in [0.2, 0.25) is 0 Å². The Kier molecular flexibility index (Phi) is 6.20. The molecular weight excluding hydrogens is 343 g/mol. The molecule has 3 aromatic rings. The van der Waals surface area contributed by atoms with Crippen LogP contribution < -0.4 is 15.4 Å². The summed E-state index contributed by atoms with van der Waals surface area (Å²) in [6.45, 7) is 4.98. The van der Waals surface area contributed by atoms with Crippen LogP contribution in [0, 0.1) is 12.7 Å². The number of aryl methyl sites for hydroxylation is 1. The lowest BCUT2D eigenvalue weighted by Gasteiger charge is -2.13. The average molecular weight is 366 g/mol. The summed E-state index contributed by atoms with van der Waals surface area (Å²) in [5, 5.41) is 6.45. The molecule has 0 radical (unpaired) electrons. The van der Waals surface area contributed by atoms with Gasteiger partial charge in [-0.3, -0.25) is 0 Å². The smallest absolute Gasteiger partial charge is 0.224 e. The van der Waals surface area contributed by atoms with E-state index in [0.717, 1.165) is 17.1 Å². The Morgan fingerprint density at radius 3 is 2.63 bits per heavy atom. The SMILES string of the molecule is CCOc1ccccc1Nc1cc(C)nc(NCCc2ccccc2F)n1. The van der Waals surface area contributed by atoms with Crippen LogP contribution in [-0.4, -0.2) is 23.1 Å². The van der Waals surface area contributed by atoms with E-state index in [1.807, 2.05) is 50.2 Å². The van der Waals surface area contributed by atoms with Gasteiger partial charge in [0.2, 0.25) is 5.95 Å². The molecule has 0 bridgehead atoms. The van der Waals surface area contributed by atoms with Crippen LogP contribution in [0.25, 0.3) is 0 Å². The van der Waals surface area contributed by atoms with Crippen molar-refractivity contribution in [3.8, 4) is 5.75 Å². The Balaban J connectivity index is 1.68. The Morgan fingerprint density at radius 1 is 1.04 bits per heavy atom. The summed E-state index contributed by atoms with van der Waals surface area (Å²) in [6, 6.07) is 16.4. The molecule has 0 aliphatic heterocycles. The van der Waals surface area contributed by atoms with Gasteiger partial charge in [-0.25, -0.2) is 9.37 Å². The Labute approximate surface area is 158 Å². The highest BCUT2D eigenvalue weighted by Gasteiger charge is 2.07. The predicted molar refractivity (Wildman–Crippen MR) is 106 cm³/mol. The lowest BCUT2D eigenvalue weighted by molar-refractivity contribution is 0.342. The maximum atomic E-state index is 13.7. The van der Waals surface area contributed by atoms with E-state index < -0.39 is 0 Å². The Bertz CT molecular complexity index is 901. The van der Waals surface area contributed by atoms with Crippen molar-refractivity contribution >= 4 is 17.5 Å². The summed E-state index contributed by atoms with van der Waals surface area (Å²) < 4.78 is 19.3. The molecule has 6 heteroatoms. The fraction of sp³-hybridized carbons (Fsp3) is 0.238. The van der Waals surface area contributed by atoms with Crippen molar-refractivity contribution in [1.82, 2.24) is 9.97 Å². The molecule has 0 saturated carbocycles. The second-order valence-electron chi connectivity index (χ2n) is 6.04. The highest BCUT2D eigenvalue weighted by atomic mass is 19.1. The number of hydrogen-bond donors (Lipinski definition) is 2. The molecule has 27 heavy (non-hydrogen) atoms. The van der Waals surface area contributed by atoms with Gasteiger partial charge in [-0.05, 0) is 44.0 Å². The lowest BCUT2D eigenvalue weighted by atomic mass is 10.1. The van der Waals surface area contributed by atoms with Gasteiger partial charge in [0.15, 0.2) is 0 Å². The molecule has 0 spiro atoms. The summed E-state index contributed by atoms with van der Waals surface area (Å²) in [7, 11) is 0. The summed E-state index contributed by atoms with van der Waals surface area (Å²) in [6.07, 6.45) is 0.555. The predicted octanol–water partition coefficient (Wildman–Crippen LogP) is 4.72. The zero-order chi connectivity index (χ0) is 19.1. The van der Waals surface area contributed by atoms with Crippen molar-refractivity contribution in [2.75, 3.05) is 23.8 Å². The number of benzene rings is 2. The zero-order valence-corrected chi connectivity index (χ0v) is 15.5. The monoisotopic (exact) mass is 366 g/mol. The number of nitrogens with one attached hydrogen (secondary N) is 2. The molecule has 3 rings (SSSR count). The van der Waals surface area contributed by atoms with Crippen molar-refractivity contribution in [1.29, 1.82) is 0 Å². The van der Waals surface area contributed by atoms with Crippen molar-refractivity contribution in [2.24, 2.45) is 0 Å². The van der Waals surface area contributed by atoms with Crippen LogP contribution in [0.3, 0.4) is 0 Å². The number of para-hydroxylation sites is 2. The van der Waals surface area contributed by atoms with Gasteiger partial charge in [-0.15, -0.1) is 0 Å². The third-order valence-corrected chi connectivity index (χ3v) is 3.94. The van der Waals surface area contributed by atoms with E-state index in [1.54, 1.807) is 12.1 Å². The third kappa shape index (κ3) is 5.17. The summed E-state index contributed by atoms with van der Waals surface area (Å²) in [4.78, 5) is 8.90. The van der Waals surface area contributed by atoms with E-state index >= 15 is 0 Å². The van der Waals surface area contributed by atoms with Gasteiger partial charge in [0.05, 0.1) is 12.3 Å². The first-order valence-corrected chi connectivity index (χ1v) is 8.97. The van der Waals surface area contributed by atoms with Gasteiger partial charge in [0.25, 0.3) is 0 Å². The fourth-order valence-electron chi connectivity index (χ4n) is 2.71. The van der Waals surface area contributed by atoms with Crippen molar-refractivity contribution < 1.29 is 9.13 Å². The van der Waals surface area contributed by atoms with E-state index in [2.05, 4.69) is 20.6 Å². The number of anilines is 3. The van der Waals surface area contributed by atoms with Crippen molar-refractivity contribution in [2.45, 2.75) is 20.3 Å². The van der Waals surface area contributed by atoms with Gasteiger partial charge in [0, 0.05) is 18.3 Å². The van der Waals surface area contributed by atoms with Gasteiger partial charge in [-0.2, -0.15) is 4.98 Å². The van der Waals surface area contributed by atoms with Gasteiger partial charge in [0.1, 0.15) is 17.4 Å². The average Bonchev–Trinajstić information content (AvgIpc) is 2.65. The Morgan fingerprint density at radius 2 is 1.81 bits per heavy atom. The summed E-state index contributed by atoms with van der Waals surface area (Å²) >= 11 is 0. The molecule has 0 unspecified atom stereocenters. The van der Waals surface area contributed by atoms with E-state index in [0.29, 0.717) is 36.9 Å². The molecule has 0 fully saturated rings. The molecular formula is C21H23FN4O. The van der Waals surface area contributed by atoms with Gasteiger partial charge < -0.3 is 15.4 Å². The van der Waals surface area contributed by atoms with E-state index in [4.69, 9.17) is 4.74 Å². The molecule has 2 aromatic carbocycles. The first kappa shape index (κ1) is 18.6. The fourth-order valence-corrected chi connectivity index (χ4v) is 2.71. The number of rotatable bonds is 8. The van der Waals surface area contributed by atoms with E-state index in [9.17, 15) is 4.39 Å². The molecule has 0 aliphatic carbocycles. The van der Waals surface area contributed by atoms with Crippen LogP contribution in [0.5, 0.6) is 5.75 Å². The van der Waals surface area contributed by atoms with Crippen LogP contribution in [0.4, 0.5) is 21.8 Å². The normalized spacial score (nSPS) is 10.5. The number of aromatic nitrogens is 2. The number of nitrogens with zero attached hydrogens (tertiary/aromatic N) is 2. The first-order valence-electron chi connectivity index (χ1n) is 8.97. The molecule has 0 amide bonds. The molecule has 140 valence electrons.